The van der Waals surface area contributed by atoms with Crippen LogP contribution in [-0.2, 0) is 38.1 Å². The molecule has 8 heteroatoms. The van der Waals surface area contributed by atoms with Crippen molar-refractivity contribution in [3.63, 3.8) is 0 Å². The summed E-state index contributed by atoms with van der Waals surface area (Å²) in [6, 6.07) is 0. The molecule has 0 amide bonds. The van der Waals surface area contributed by atoms with Crippen LogP contribution in [-0.4, -0.2) is 49.3 Å². The monoisotopic (exact) mass is 1270 g/mol. The molecule has 0 aromatic heterocycles. The number of rotatable bonds is 32. The van der Waals surface area contributed by atoms with Crippen molar-refractivity contribution >= 4 is 23.9 Å². The summed E-state index contributed by atoms with van der Waals surface area (Å²) in [4.78, 5) is 52.2. The van der Waals surface area contributed by atoms with E-state index in [2.05, 4.69) is 54.7 Å². The highest BCUT2D eigenvalue weighted by Gasteiger charge is 2.58. The molecule has 19 unspecified atom stereocenters. The zero-order chi connectivity index (χ0) is 64.8. The maximum Gasteiger partial charge on any atom is 0.333 e. The van der Waals surface area contributed by atoms with Crippen molar-refractivity contribution in [3.8, 4) is 0 Å². The third-order valence-electron chi connectivity index (χ3n) is 27.3. The average molecular weight is 1270 g/mol. The van der Waals surface area contributed by atoms with E-state index < -0.39 is 5.60 Å². The third-order valence-corrected chi connectivity index (χ3v) is 27.3. The Balaban J connectivity index is 0.818. The van der Waals surface area contributed by atoms with E-state index in [0.717, 1.165) is 124 Å². The largest absolute Gasteiger partial charge is 0.465 e. The Morgan fingerprint density at radius 3 is 1.69 bits per heavy atom. The lowest BCUT2D eigenvalue weighted by molar-refractivity contribution is -0.162. The molecule has 7 saturated carbocycles. The summed E-state index contributed by atoms with van der Waals surface area (Å²) in [5, 5.41) is 0. The highest BCUT2D eigenvalue weighted by Crippen LogP contribution is 2.65. The van der Waals surface area contributed by atoms with Crippen molar-refractivity contribution in [2.45, 2.75) is 349 Å². The van der Waals surface area contributed by atoms with Crippen molar-refractivity contribution in [1.29, 1.82) is 0 Å². The maximum atomic E-state index is 14.2. The molecule has 4 bridgehead atoms. The molecule has 1 saturated heterocycles. The molecule has 520 valence electrons. The molecule has 1 aliphatic heterocycles. The Bertz CT molecular complexity index is 2220. The van der Waals surface area contributed by atoms with E-state index in [1.165, 1.54) is 224 Å². The maximum absolute atomic E-state index is 14.2. The molecule has 0 aromatic carbocycles. The van der Waals surface area contributed by atoms with Gasteiger partial charge in [-0.1, -0.05) is 195 Å². The van der Waals surface area contributed by atoms with Crippen molar-refractivity contribution in [2.75, 3.05) is 19.8 Å². The first-order chi connectivity index (χ1) is 44.0. The van der Waals surface area contributed by atoms with Crippen LogP contribution in [0.4, 0.5) is 0 Å². The van der Waals surface area contributed by atoms with Crippen LogP contribution in [0.25, 0.3) is 0 Å². The molecule has 0 N–H and O–H groups in total. The Labute approximate surface area is 558 Å². The van der Waals surface area contributed by atoms with Gasteiger partial charge in [0.05, 0.1) is 25.2 Å². The van der Waals surface area contributed by atoms with Crippen LogP contribution in [0.15, 0.2) is 24.8 Å². The van der Waals surface area contributed by atoms with Gasteiger partial charge in [-0.2, -0.15) is 0 Å². The minimum absolute atomic E-state index is 0.0437. The van der Waals surface area contributed by atoms with Crippen LogP contribution in [0.1, 0.15) is 344 Å². The minimum Gasteiger partial charge on any atom is -0.465 e. The van der Waals surface area contributed by atoms with E-state index >= 15 is 0 Å². The van der Waals surface area contributed by atoms with E-state index in [1.807, 2.05) is 0 Å². The second-order valence-electron chi connectivity index (χ2n) is 33.9. The zero-order valence-corrected chi connectivity index (χ0v) is 60.1. The van der Waals surface area contributed by atoms with Crippen LogP contribution in [0, 0.1) is 106 Å². The molecule has 8 aliphatic rings. The number of carbonyl (C=O) groups is 4. The first-order valence-corrected chi connectivity index (χ1v) is 40.0. The van der Waals surface area contributed by atoms with Crippen molar-refractivity contribution < 1.29 is 38.1 Å². The van der Waals surface area contributed by atoms with Gasteiger partial charge < -0.3 is 18.9 Å². The fourth-order valence-corrected chi connectivity index (χ4v) is 22.7. The van der Waals surface area contributed by atoms with Gasteiger partial charge in [-0.3, -0.25) is 9.59 Å². The van der Waals surface area contributed by atoms with E-state index in [4.69, 9.17) is 18.9 Å². The zero-order valence-electron chi connectivity index (χ0n) is 60.1. The number of unbranched alkanes of at least 4 members (excludes halogenated alkanes) is 10. The Hall–Kier alpha value is -2.64. The molecule has 0 aromatic rings. The Morgan fingerprint density at radius 2 is 1.08 bits per heavy atom. The number of hydrogen-bond acceptors (Lipinski definition) is 8. The molecule has 7 aliphatic carbocycles. The Kier molecular flexibility index (Phi) is 30.3. The van der Waals surface area contributed by atoms with Gasteiger partial charge in [0.2, 0.25) is 0 Å². The summed E-state index contributed by atoms with van der Waals surface area (Å²) in [6.07, 6.45) is 58.4. The summed E-state index contributed by atoms with van der Waals surface area (Å²) in [5.74, 6) is 11.0. The smallest absolute Gasteiger partial charge is 0.333 e. The molecule has 0 spiro atoms. The van der Waals surface area contributed by atoms with Gasteiger partial charge in [0.15, 0.2) is 0 Å². The molecule has 8 rings (SSSR count). The summed E-state index contributed by atoms with van der Waals surface area (Å²) in [6.45, 7) is 25.0. The standard InChI is InChI=1S/C83H140O8/c1-10-15-16-17-22-27-36-64-41-40-63(35-28-23-20-21-26-31-47-83(14-5,43-12-3)80(87)90-59-68-53-66-55-74(68)76-51-62(49-72(66)76)58-89-79(86)60(6)7)69-37-29-24-18-19-25-30-39-78(85)91-82(9,46-33-32-44-81(8,42-11-2)45-34-38-70(64)69)56-67-52-65-54-73(67)75-50-61(48-71(65)75)57-88-77(84)13-4/h13,61-76H,4,6,10-12,14-59H2,1-3,5,7-9H3. The first-order valence-electron chi connectivity index (χ1n) is 40.0. The van der Waals surface area contributed by atoms with Gasteiger partial charge in [-0.15, -0.1) is 0 Å². The summed E-state index contributed by atoms with van der Waals surface area (Å²) in [7, 11) is 0. The predicted molar refractivity (Wildman–Crippen MR) is 374 cm³/mol. The van der Waals surface area contributed by atoms with Crippen LogP contribution >= 0.6 is 0 Å². The van der Waals surface area contributed by atoms with E-state index in [0.29, 0.717) is 78.7 Å². The van der Waals surface area contributed by atoms with Gasteiger partial charge in [0, 0.05) is 18.1 Å². The lowest BCUT2D eigenvalue weighted by Gasteiger charge is -2.45. The number of fused-ring (bicyclic) bond motifs is 11. The molecular formula is C83H140O8. The number of hydrogen-bond donors (Lipinski definition) is 0. The number of carbonyl (C=O) groups excluding carboxylic acids is 4. The highest BCUT2D eigenvalue weighted by atomic mass is 16.6. The van der Waals surface area contributed by atoms with Crippen LogP contribution in [0.3, 0.4) is 0 Å². The topological polar surface area (TPSA) is 105 Å². The van der Waals surface area contributed by atoms with Crippen molar-refractivity contribution in [1.82, 2.24) is 0 Å². The lowest BCUT2D eigenvalue weighted by Crippen LogP contribution is -2.37. The fraction of sp³-hybridized carbons (Fsp3) is 0.904. The second kappa shape index (κ2) is 37.2. The van der Waals surface area contributed by atoms with E-state index in [-0.39, 0.29) is 29.3 Å². The van der Waals surface area contributed by atoms with Gasteiger partial charge >= 0.3 is 23.9 Å². The van der Waals surface area contributed by atoms with Gasteiger partial charge in [-0.05, 0) is 255 Å². The molecule has 19 atom stereocenters. The molecular weight excluding hydrogens is 1120 g/mol. The average Bonchev–Trinajstić information content (AvgIpc) is 1.60. The Morgan fingerprint density at radius 1 is 0.527 bits per heavy atom. The predicted octanol–water partition coefficient (Wildman–Crippen LogP) is 22.7. The molecule has 91 heavy (non-hydrogen) atoms. The third kappa shape index (κ3) is 21.2. The number of esters is 4. The first kappa shape index (κ1) is 74.2. The van der Waals surface area contributed by atoms with Gasteiger partial charge in [0.25, 0.3) is 0 Å². The molecule has 1 heterocycles. The van der Waals surface area contributed by atoms with Crippen LogP contribution in [0.5, 0.6) is 0 Å². The normalized spacial score (nSPS) is 36.1. The minimum atomic E-state index is -0.401. The second-order valence-corrected chi connectivity index (χ2v) is 33.9. The van der Waals surface area contributed by atoms with Crippen LogP contribution < -0.4 is 0 Å². The molecule has 0 radical (unpaired) electrons. The van der Waals surface area contributed by atoms with E-state index in [1.54, 1.807) is 6.92 Å². The van der Waals surface area contributed by atoms with Crippen molar-refractivity contribution in [2.24, 2.45) is 106 Å². The number of ether oxygens (including phenoxy) is 4. The van der Waals surface area contributed by atoms with E-state index in [9.17, 15) is 19.2 Å². The highest BCUT2D eigenvalue weighted by molar-refractivity contribution is 5.86. The molecule has 8 nitrogen and oxygen atoms in total. The lowest BCUT2D eigenvalue weighted by atomic mass is 9.61. The fourth-order valence-electron chi connectivity index (χ4n) is 22.7. The van der Waals surface area contributed by atoms with Crippen molar-refractivity contribution in [3.05, 3.63) is 24.8 Å². The summed E-state index contributed by atoms with van der Waals surface area (Å²) >= 11 is 0. The summed E-state index contributed by atoms with van der Waals surface area (Å²) < 4.78 is 24.3. The van der Waals surface area contributed by atoms with Gasteiger partial charge in [-0.25, -0.2) is 9.59 Å². The van der Waals surface area contributed by atoms with Gasteiger partial charge in [0.1, 0.15) is 5.60 Å². The number of cyclic esters (lactones) is 1. The quantitative estimate of drug-likeness (QED) is 0.0284. The SMILES string of the molecule is C=CC(=O)OCC1CC2C3CC(CC4(C)CCCCC(C)(CCC)CCCC5C(CCCCCCCC)CCC(CCCCCCCCC(CC)(CCC)C(=O)OCC6CC7CC6C6CC(COC(=O)C(=C)C)CC76)C5CCCCCCCCC(=O)O4)C(C3)C2C1. The molecule has 8 fully saturated rings. The summed E-state index contributed by atoms with van der Waals surface area (Å²) in [5.41, 5.74) is 0.0888. The van der Waals surface area contributed by atoms with Crippen LogP contribution in [0.2, 0.25) is 0 Å².